The minimum atomic E-state index is -0.528. The molecule has 7 atom stereocenters. The molecule has 5 unspecified atom stereocenters. The number of fused-ring (bicyclic) bond motifs is 2. The SMILES string of the molecule is CN1CC(C(=O)Nc2cccc(OCc3cccnc3)c2)CC1=O.O=C(CC1=CCCCC1)Nc1cccc(OCc2cccnc2)c1.O=C(Nc1cccc(OCc2cccnc2)c1)C1CC2CC(O)C1C2.O=C(Nc1cccc(OCc2cccnc2)c1)[C@H]1CCC[C@H]1O. The van der Waals surface area contributed by atoms with Crippen LogP contribution in [0.5, 0.6) is 23.0 Å². The highest BCUT2D eigenvalue weighted by Crippen LogP contribution is 2.49. The number of carbonyl (C=O) groups is 5. The van der Waals surface area contributed by atoms with Crippen molar-refractivity contribution in [3.05, 3.63) is 229 Å². The van der Waals surface area contributed by atoms with Crippen LogP contribution in [0.3, 0.4) is 0 Å². The minimum Gasteiger partial charge on any atom is -0.489 e. The Morgan fingerprint density at radius 3 is 1.32 bits per heavy atom. The summed E-state index contributed by atoms with van der Waals surface area (Å²) in [5.74, 6) is 2.49. The Hall–Kier alpha value is -10.3. The highest BCUT2D eigenvalue weighted by Gasteiger charge is 2.48. The predicted octanol–water partition coefficient (Wildman–Crippen LogP) is 12.3. The van der Waals surface area contributed by atoms with Gasteiger partial charge in [0.2, 0.25) is 29.5 Å². The third-order valence-corrected chi connectivity index (χ3v) is 17.4. The summed E-state index contributed by atoms with van der Waals surface area (Å²) in [6.45, 7) is 2.18. The zero-order valence-corrected chi connectivity index (χ0v) is 53.9. The van der Waals surface area contributed by atoms with Crippen molar-refractivity contribution in [2.24, 2.45) is 29.6 Å². The summed E-state index contributed by atoms with van der Waals surface area (Å²) in [6.07, 6.45) is 25.7. The summed E-state index contributed by atoms with van der Waals surface area (Å²) in [4.78, 5) is 78.5. The topological polar surface area (TPSA) is 266 Å². The van der Waals surface area contributed by atoms with E-state index in [4.69, 9.17) is 18.9 Å². The standard InChI is InChI=1S/C20H22N2O3.C20H22N2O2.C18H19N3O3.C18H20N2O3/c23-19-9-14-7-17(19)18(8-14)20(24)22-15-4-1-5-16(10-15)25-12-13-3-2-6-21-11-13;23-20(12-16-6-2-1-3-7-16)22-18-9-4-10-19(13-18)24-15-17-8-5-11-21-14-17;1-21-11-14(8-17(21)22)18(23)20-15-5-2-6-16(9-15)24-12-13-4-3-7-19-10-13;21-17-8-2-7-16(17)18(22)20-14-5-1-6-15(10-14)23-12-13-4-3-9-19-11-13/h1-6,10-11,14,17-19,23H,7-9,12H2,(H,22,24);4-6,8-11,13-14H,1-3,7,12,15H2,(H,22,23);2-7,9-10,14H,8,11-12H2,1H3,(H,20,23);1,3-6,9-11,16-17,21H,2,7-8,12H2,(H,20,22)/t;;;16-,17+/m...0/s1. The first-order valence-corrected chi connectivity index (χ1v) is 32.8. The lowest BCUT2D eigenvalue weighted by Gasteiger charge is -2.25. The van der Waals surface area contributed by atoms with Crippen LogP contribution >= 0.6 is 0 Å². The molecule has 4 aliphatic carbocycles. The highest BCUT2D eigenvalue weighted by atomic mass is 16.5. The van der Waals surface area contributed by atoms with E-state index in [1.165, 1.54) is 18.4 Å². The Labute approximate surface area is 559 Å². The van der Waals surface area contributed by atoms with Crippen molar-refractivity contribution >= 4 is 52.3 Å². The Morgan fingerprint density at radius 2 is 0.948 bits per heavy atom. The van der Waals surface area contributed by atoms with Crippen molar-refractivity contribution in [1.82, 2.24) is 24.8 Å². The van der Waals surface area contributed by atoms with Crippen LogP contribution in [-0.4, -0.2) is 90.4 Å². The van der Waals surface area contributed by atoms with Crippen molar-refractivity contribution in [3.63, 3.8) is 0 Å². The van der Waals surface area contributed by atoms with Crippen molar-refractivity contribution in [2.45, 2.75) is 116 Å². The number of amides is 5. The smallest absolute Gasteiger partial charge is 0.230 e. The summed E-state index contributed by atoms with van der Waals surface area (Å²) in [5.41, 5.74) is 8.04. The average molecular weight is 1300 g/mol. The molecule has 4 fully saturated rings. The van der Waals surface area contributed by atoms with Crippen LogP contribution in [0.25, 0.3) is 0 Å². The Balaban J connectivity index is 0.000000139. The molecule has 5 heterocycles. The van der Waals surface area contributed by atoms with Gasteiger partial charge in [-0.1, -0.05) is 60.2 Å². The number of hydrogen-bond donors (Lipinski definition) is 6. The molecule has 1 saturated heterocycles. The largest absolute Gasteiger partial charge is 0.489 e. The van der Waals surface area contributed by atoms with Gasteiger partial charge in [0.15, 0.2) is 0 Å². The summed E-state index contributed by atoms with van der Waals surface area (Å²) < 4.78 is 23.0. The number of aromatic nitrogens is 4. The van der Waals surface area contributed by atoms with Crippen molar-refractivity contribution < 1.29 is 53.1 Å². The van der Waals surface area contributed by atoms with Crippen LogP contribution in [-0.2, 0) is 50.4 Å². The fourth-order valence-corrected chi connectivity index (χ4v) is 12.3. The molecule has 0 radical (unpaired) electrons. The maximum absolute atomic E-state index is 12.6. The van der Waals surface area contributed by atoms with Crippen LogP contribution in [0, 0.1) is 29.6 Å². The molecule has 3 saturated carbocycles. The van der Waals surface area contributed by atoms with Gasteiger partial charge < -0.3 is 55.3 Å². The minimum absolute atomic E-state index is 0.00343. The van der Waals surface area contributed by atoms with E-state index in [2.05, 4.69) is 47.3 Å². The molecule has 4 aromatic carbocycles. The molecular weight excluding hydrogens is 1210 g/mol. The fourth-order valence-electron chi connectivity index (χ4n) is 12.3. The third kappa shape index (κ3) is 21.4. The number of hydrogen-bond acceptors (Lipinski definition) is 15. The van der Waals surface area contributed by atoms with Crippen LogP contribution in [0.4, 0.5) is 22.7 Å². The average Bonchev–Trinajstić information content (AvgIpc) is 1.65. The second-order valence-electron chi connectivity index (χ2n) is 24.7. The van der Waals surface area contributed by atoms with E-state index in [1.54, 1.807) is 79.7 Å². The monoisotopic (exact) mass is 1300 g/mol. The van der Waals surface area contributed by atoms with E-state index in [0.717, 1.165) is 84.3 Å². The van der Waals surface area contributed by atoms with Gasteiger partial charge in [0, 0.05) is 151 Å². The quantitative estimate of drug-likeness (QED) is 0.0365. The number of carbonyl (C=O) groups excluding carboxylic acids is 5. The third-order valence-electron chi connectivity index (χ3n) is 17.4. The predicted molar refractivity (Wildman–Crippen MR) is 365 cm³/mol. The molecule has 13 rings (SSSR count). The fraction of sp³-hybridized carbons (Fsp3) is 0.329. The van der Waals surface area contributed by atoms with E-state index in [9.17, 15) is 34.2 Å². The van der Waals surface area contributed by atoms with Gasteiger partial charge in [-0.15, -0.1) is 0 Å². The lowest BCUT2D eigenvalue weighted by molar-refractivity contribution is -0.127. The molecule has 0 spiro atoms. The molecule has 20 heteroatoms. The molecular formula is C76H83N9O11. The number of nitrogens with zero attached hydrogens (tertiary/aromatic N) is 5. The molecule has 20 nitrogen and oxygen atoms in total. The van der Waals surface area contributed by atoms with E-state index in [0.29, 0.717) is 80.4 Å². The molecule has 6 N–H and O–H groups in total. The van der Waals surface area contributed by atoms with Gasteiger partial charge in [0.05, 0.1) is 24.0 Å². The molecule has 4 aromatic heterocycles. The molecule has 2 bridgehead atoms. The number of anilines is 4. The highest BCUT2D eigenvalue weighted by molar-refractivity contribution is 5.97. The van der Waals surface area contributed by atoms with Gasteiger partial charge >= 0.3 is 0 Å². The summed E-state index contributed by atoms with van der Waals surface area (Å²) in [7, 11) is 1.71. The van der Waals surface area contributed by atoms with E-state index >= 15 is 0 Å². The summed E-state index contributed by atoms with van der Waals surface area (Å²) in [6, 6.07) is 44.7. The summed E-state index contributed by atoms with van der Waals surface area (Å²) >= 11 is 0. The van der Waals surface area contributed by atoms with Gasteiger partial charge in [0.1, 0.15) is 49.4 Å². The van der Waals surface area contributed by atoms with Crippen LogP contribution < -0.4 is 40.2 Å². The number of likely N-dealkylation sites (tertiary alicyclic amines) is 1. The van der Waals surface area contributed by atoms with Crippen molar-refractivity contribution in [2.75, 3.05) is 34.9 Å². The van der Waals surface area contributed by atoms with E-state index < -0.39 is 6.10 Å². The molecule has 1 aliphatic heterocycles. The molecule has 8 aromatic rings. The number of ether oxygens (including phenoxy) is 4. The zero-order chi connectivity index (χ0) is 66.9. The van der Waals surface area contributed by atoms with Gasteiger partial charge in [-0.25, -0.2) is 0 Å². The zero-order valence-electron chi connectivity index (χ0n) is 53.9. The lowest BCUT2D eigenvalue weighted by Crippen LogP contribution is -2.33. The van der Waals surface area contributed by atoms with Crippen molar-refractivity contribution in [3.8, 4) is 23.0 Å². The number of aliphatic hydroxyl groups excluding tert-OH is 2. The normalized spacial score (nSPS) is 19.7. The van der Waals surface area contributed by atoms with E-state index in [-0.39, 0.29) is 65.7 Å². The Morgan fingerprint density at radius 1 is 0.500 bits per heavy atom. The molecule has 96 heavy (non-hydrogen) atoms. The van der Waals surface area contributed by atoms with Gasteiger partial charge in [-0.3, -0.25) is 43.9 Å². The number of allylic oxidation sites excluding steroid dienone is 1. The van der Waals surface area contributed by atoms with Gasteiger partial charge in [-0.2, -0.15) is 0 Å². The van der Waals surface area contributed by atoms with Gasteiger partial charge in [-0.05, 0) is 149 Å². The van der Waals surface area contributed by atoms with Crippen LogP contribution in [0.15, 0.2) is 207 Å². The Kier molecular flexibility index (Phi) is 25.2. The van der Waals surface area contributed by atoms with Gasteiger partial charge in [0.25, 0.3) is 0 Å². The molecule has 5 aliphatic rings. The first kappa shape index (κ1) is 68.5. The van der Waals surface area contributed by atoms with E-state index in [1.807, 2.05) is 127 Å². The maximum atomic E-state index is 12.6. The van der Waals surface area contributed by atoms with Crippen LogP contribution in [0.2, 0.25) is 0 Å². The second-order valence-corrected chi connectivity index (χ2v) is 24.7. The summed E-state index contributed by atoms with van der Waals surface area (Å²) in [5, 5.41) is 31.5. The maximum Gasteiger partial charge on any atom is 0.230 e. The second kappa shape index (κ2) is 35.3. The van der Waals surface area contributed by atoms with Crippen LogP contribution in [0.1, 0.15) is 99.3 Å². The number of rotatable bonds is 21. The number of benzene rings is 4. The molecule has 5 amide bonds. The first-order chi connectivity index (χ1) is 46.8. The Bertz CT molecular complexity index is 3850. The van der Waals surface area contributed by atoms with Crippen molar-refractivity contribution in [1.29, 1.82) is 0 Å². The number of pyridine rings is 4. The number of nitrogens with one attached hydrogen (secondary N) is 4. The lowest BCUT2D eigenvalue weighted by atomic mass is 9.86. The molecule has 498 valence electrons. The number of aliphatic hydroxyl groups is 2. The first-order valence-electron chi connectivity index (χ1n) is 32.8.